The molecule has 1 aromatic heterocycles. The number of amides is 1. The highest BCUT2D eigenvalue weighted by Crippen LogP contribution is 2.21. The van der Waals surface area contributed by atoms with Crippen LogP contribution in [0.5, 0.6) is 5.75 Å². The Morgan fingerprint density at radius 3 is 2.84 bits per heavy atom. The second kappa shape index (κ2) is 8.13. The predicted octanol–water partition coefficient (Wildman–Crippen LogP) is 3.16. The number of tetrazole rings is 1. The Morgan fingerprint density at radius 2 is 2.08 bits per heavy atom. The molecular weight excluding hydrogens is 406 g/mol. The van der Waals surface area contributed by atoms with Crippen molar-refractivity contribution in [2.24, 2.45) is 0 Å². The van der Waals surface area contributed by atoms with E-state index in [1.807, 2.05) is 36.4 Å². The topological polar surface area (TPSA) is 81.9 Å². The van der Waals surface area contributed by atoms with Gasteiger partial charge < -0.3 is 10.1 Å². The molecule has 2 aromatic carbocycles. The number of anilines is 1. The summed E-state index contributed by atoms with van der Waals surface area (Å²) in [6.07, 6.45) is 0. The lowest BCUT2D eigenvalue weighted by Crippen LogP contribution is -2.14. The molecule has 3 aromatic rings. The minimum Gasteiger partial charge on any atom is -0.497 e. The van der Waals surface area contributed by atoms with E-state index < -0.39 is 0 Å². The van der Waals surface area contributed by atoms with E-state index in [0.29, 0.717) is 16.6 Å². The summed E-state index contributed by atoms with van der Waals surface area (Å²) in [5, 5.41) is 15.0. The highest BCUT2D eigenvalue weighted by Gasteiger charge is 2.12. The monoisotopic (exact) mass is 419 g/mol. The quantitative estimate of drug-likeness (QED) is 0.617. The van der Waals surface area contributed by atoms with E-state index in [-0.39, 0.29) is 11.7 Å². The maximum atomic E-state index is 12.1. The lowest BCUT2D eigenvalue weighted by Gasteiger charge is -2.07. The van der Waals surface area contributed by atoms with Crippen molar-refractivity contribution in [3.8, 4) is 11.4 Å². The summed E-state index contributed by atoms with van der Waals surface area (Å²) >= 11 is 4.65. The summed E-state index contributed by atoms with van der Waals surface area (Å²) in [5.74, 6) is 0.724. The van der Waals surface area contributed by atoms with Crippen LogP contribution in [0.25, 0.3) is 5.69 Å². The molecule has 0 aliphatic rings. The second-order valence-electron chi connectivity index (χ2n) is 4.92. The smallest absolute Gasteiger partial charge is 0.234 e. The average Bonchev–Trinajstić information content (AvgIpc) is 3.09. The number of benzene rings is 2. The molecule has 9 heteroatoms. The van der Waals surface area contributed by atoms with Crippen LogP contribution in [0.15, 0.2) is 58.2 Å². The summed E-state index contributed by atoms with van der Waals surface area (Å²) < 4.78 is 7.70. The molecule has 0 saturated carbocycles. The van der Waals surface area contributed by atoms with Gasteiger partial charge in [-0.05, 0) is 46.8 Å². The highest BCUT2D eigenvalue weighted by molar-refractivity contribution is 9.10. The van der Waals surface area contributed by atoms with Crippen molar-refractivity contribution in [3.63, 3.8) is 0 Å². The molecule has 0 bridgehead atoms. The third-order valence-electron chi connectivity index (χ3n) is 3.20. The summed E-state index contributed by atoms with van der Waals surface area (Å²) in [4.78, 5) is 12.1. The molecule has 0 atom stereocenters. The molecule has 0 fully saturated rings. The second-order valence-corrected chi connectivity index (χ2v) is 6.78. The summed E-state index contributed by atoms with van der Waals surface area (Å²) in [7, 11) is 1.58. The molecule has 0 aliphatic carbocycles. The Morgan fingerprint density at radius 1 is 1.28 bits per heavy atom. The number of carbonyl (C=O) groups excluding carboxylic acids is 1. The fourth-order valence-corrected chi connectivity index (χ4v) is 3.00. The minimum atomic E-state index is -0.149. The first kappa shape index (κ1) is 17.4. The van der Waals surface area contributed by atoms with Crippen LogP contribution in [-0.2, 0) is 4.79 Å². The summed E-state index contributed by atoms with van der Waals surface area (Å²) in [6, 6.07) is 14.8. The molecule has 0 saturated heterocycles. The molecule has 1 amide bonds. The van der Waals surface area contributed by atoms with E-state index in [4.69, 9.17) is 4.74 Å². The van der Waals surface area contributed by atoms with Gasteiger partial charge in [0, 0.05) is 16.2 Å². The molecule has 128 valence electrons. The zero-order valence-corrected chi connectivity index (χ0v) is 15.6. The molecular formula is C16H14BrN5O2S. The van der Waals surface area contributed by atoms with Crippen molar-refractivity contribution in [1.82, 2.24) is 20.2 Å². The number of methoxy groups -OCH3 is 1. The van der Waals surface area contributed by atoms with Crippen LogP contribution in [-0.4, -0.2) is 39.0 Å². The van der Waals surface area contributed by atoms with Crippen LogP contribution in [0.2, 0.25) is 0 Å². The molecule has 1 heterocycles. The van der Waals surface area contributed by atoms with Gasteiger partial charge >= 0.3 is 0 Å². The predicted molar refractivity (Wildman–Crippen MR) is 99.2 cm³/mol. The zero-order chi connectivity index (χ0) is 17.6. The van der Waals surface area contributed by atoms with Gasteiger partial charge in [0.1, 0.15) is 5.75 Å². The molecule has 25 heavy (non-hydrogen) atoms. The number of halogens is 1. The van der Waals surface area contributed by atoms with Crippen LogP contribution in [0.1, 0.15) is 0 Å². The van der Waals surface area contributed by atoms with Crippen molar-refractivity contribution in [3.05, 3.63) is 53.0 Å². The van der Waals surface area contributed by atoms with Gasteiger partial charge in [-0.2, -0.15) is 4.68 Å². The van der Waals surface area contributed by atoms with Crippen LogP contribution < -0.4 is 10.1 Å². The van der Waals surface area contributed by atoms with Crippen LogP contribution in [0, 0.1) is 0 Å². The maximum Gasteiger partial charge on any atom is 0.234 e. The first-order chi connectivity index (χ1) is 12.2. The fraction of sp³-hybridized carbons (Fsp3) is 0.125. The normalized spacial score (nSPS) is 10.5. The Kier molecular flexibility index (Phi) is 5.67. The lowest BCUT2D eigenvalue weighted by atomic mass is 10.3. The van der Waals surface area contributed by atoms with E-state index in [9.17, 15) is 4.79 Å². The van der Waals surface area contributed by atoms with Gasteiger partial charge in [0.25, 0.3) is 0 Å². The molecule has 0 unspecified atom stereocenters. The van der Waals surface area contributed by atoms with Gasteiger partial charge in [0.05, 0.1) is 18.6 Å². The lowest BCUT2D eigenvalue weighted by molar-refractivity contribution is -0.113. The van der Waals surface area contributed by atoms with E-state index in [1.54, 1.807) is 23.9 Å². The highest BCUT2D eigenvalue weighted by atomic mass is 79.9. The van der Waals surface area contributed by atoms with Crippen molar-refractivity contribution >= 4 is 39.3 Å². The minimum absolute atomic E-state index is 0.149. The van der Waals surface area contributed by atoms with Gasteiger partial charge in [-0.1, -0.05) is 33.8 Å². The maximum absolute atomic E-state index is 12.1. The van der Waals surface area contributed by atoms with Crippen LogP contribution >= 0.6 is 27.7 Å². The number of nitrogens with zero attached hydrogens (tertiary/aromatic N) is 4. The van der Waals surface area contributed by atoms with E-state index >= 15 is 0 Å². The molecule has 3 rings (SSSR count). The fourth-order valence-electron chi connectivity index (χ4n) is 2.04. The average molecular weight is 420 g/mol. The number of hydrogen-bond donors (Lipinski definition) is 1. The molecule has 7 nitrogen and oxygen atoms in total. The van der Waals surface area contributed by atoms with E-state index in [2.05, 4.69) is 36.8 Å². The largest absolute Gasteiger partial charge is 0.497 e. The summed E-state index contributed by atoms with van der Waals surface area (Å²) in [5.41, 5.74) is 1.50. The Bertz CT molecular complexity index is 869. The standard InChI is InChI=1S/C16H14BrN5O2S/c1-24-14-4-2-3-12(9-14)18-15(23)10-25-16-19-20-21-22(16)13-7-5-11(17)6-8-13/h2-9H,10H2,1H3,(H,18,23). The number of thioether (sulfide) groups is 1. The number of aromatic nitrogens is 4. The van der Waals surface area contributed by atoms with Crippen molar-refractivity contribution < 1.29 is 9.53 Å². The SMILES string of the molecule is COc1cccc(NC(=O)CSc2nnnn2-c2ccc(Br)cc2)c1. The first-order valence-corrected chi connectivity index (χ1v) is 9.04. The van der Waals surface area contributed by atoms with Crippen LogP contribution in [0.4, 0.5) is 5.69 Å². The van der Waals surface area contributed by atoms with Gasteiger partial charge in [0.2, 0.25) is 11.1 Å². The van der Waals surface area contributed by atoms with Crippen molar-refractivity contribution in [1.29, 1.82) is 0 Å². The zero-order valence-electron chi connectivity index (χ0n) is 13.2. The summed E-state index contributed by atoms with van der Waals surface area (Å²) in [6.45, 7) is 0. The molecule has 1 N–H and O–H groups in total. The third-order valence-corrected chi connectivity index (χ3v) is 4.65. The van der Waals surface area contributed by atoms with Crippen LogP contribution in [0.3, 0.4) is 0 Å². The van der Waals surface area contributed by atoms with E-state index in [0.717, 1.165) is 10.2 Å². The first-order valence-electron chi connectivity index (χ1n) is 7.27. The molecule has 0 spiro atoms. The van der Waals surface area contributed by atoms with Gasteiger partial charge in [-0.3, -0.25) is 4.79 Å². The van der Waals surface area contributed by atoms with Gasteiger partial charge in [-0.25, -0.2) is 0 Å². The number of rotatable bonds is 6. The van der Waals surface area contributed by atoms with Gasteiger partial charge in [-0.15, -0.1) is 5.10 Å². The number of ether oxygens (including phenoxy) is 1. The Labute approximate surface area is 156 Å². The van der Waals surface area contributed by atoms with Crippen molar-refractivity contribution in [2.75, 3.05) is 18.2 Å². The number of hydrogen-bond acceptors (Lipinski definition) is 6. The molecule has 0 radical (unpaired) electrons. The number of carbonyl (C=O) groups is 1. The Balaban J connectivity index is 1.63. The third kappa shape index (κ3) is 4.58. The molecule has 0 aliphatic heterocycles. The van der Waals surface area contributed by atoms with Gasteiger partial charge in [0.15, 0.2) is 0 Å². The number of nitrogens with one attached hydrogen (secondary N) is 1. The Hall–Kier alpha value is -2.39. The van der Waals surface area contributed by atoms with E-state index in [1.165, 1.54) is 11.8 Å². The van der Waals surface area contributed by atoms with Crippen molar-refractivity contribution in [2.45, 2.75) is 5.16 Å².